The van der Waals surface area contributed by atoms with Crippen molar-refractivity contribution >= 4 is 11.6 Å². The molecule has 0 spiro atoms. The molecule has 0 fully saturated rings. The topological polar surface area (TPSA) is 56.8 Å². The number of fused-ring (bicyclic) bond motifs is 1. The maximum Gasteiger partial charge on any atom is 0.265 e. The van der Waals surface area contributed by atoms with Crippen molar-refractivity contribution in [3.8, 4) is 17.2 Å². The fourth-order valence-corrected chi connectivity index (χ4v) is 3.19. The third-order valence-corrected chi connectivity index (χ3v) is 4.67. The number of carbonyl (C=O) groups excluding carboxylic acids is 1. The lowest BCUT2D eigenvalue weighted by Crippen LogP contribution is -2.30. The molecule has 26 heavy (non-hydrogen) atoms. The van der Waals surface area contributed by atoms with Crippen molar-refractivity contribution in [2.75, 3.05) is 19.5 Å². The third-order valence-electron chi connectivity index (χ3n) is 4.67. The van der Waals surface area contributed by atoms with Gasteiger partial charge in [0.2, 0.25) is 0 Å². The molecule has 0 aliphatic heterocycles. The van der Waals surface area contributed by atoms with Crippen molar-refractivity contribution in [1.82, 2.24) is 0 Å². The molecule has 0 aromatic heterocycles. The molecule has 1 aliphatic carbocycles. The van der Waals surface area contributed by atoms with Gasteiger partial charge in [0.25, 0.3) is 5.91 Å². The van der Waals surface area contributed by atoms with Crippen molar-refractivity contribution in [3.63, 3.8) is 0 Å². The summed E-state index contributed by atoms with van der Waals surface area (Å²) in [4.78, 5) is 12.5. The molecule has 5 heteroatoms. The van der Waals surface area contributed by atoms with E-state index in [1.807, 2.05) is 6.07 Å². The van der Waals surface area contributed by atoms with Crippen LogP contribution in [0.4, 0.5) is 5.69 Å². The van der Waals surface area contributed by atoms with Gasteiger partial charge in [-0.15, -0.1) is 0 Å². The van der Waals surface area contributed by atoms with Crippen molar-refractivity contribution in [2.24, 2.45) is 0 Å². The molecule has 0 radical (unpaired) electrons. The zero-order valence-corrected chi connectivity index (χ0v) is 15.5. The van der Waals surface area contributed by atoms with Crippen LogP contribution in [0.1, 0.15) is 30.9 Å². The van der Waals surface area contributed by atoms with Crippen molar-refractivity contribution in [1.29, 1.82) is 0 Å². The van der Waals surface area contributed by atoms with Crippen LogP contribution in [0.3, 0.4) is 0 Å². The second-order valence-corrected chi connectivity index (χ2v) is 6.45. The van der Waals surface area contributed by atoms with E-state index in [2.05, 4.69) is 17.4 Å². The summed E-state index contributed by atoms with van der Waals surface area (Å²) < 4.78 is 16.4. The van der Waals surface area contributed by atoms with Gasteiger partial charge in [0, 0.05) is 6.07 Å². The summed E-state index contributed by atoms with van der Waals surface area (Å²) in [5.74, 6) is 1.70. The van der Waals surface area contributed by atoms with Gasteiger partial charge in [-0.2, -0.15) is 0 Å². The van der Waals surface area contributed by atoms with Crippen LogP contribution >= 0.6 is 0 Å². The molecule has 1 N–H and O–H groups in total. The summed E-state index contributed by atoms with van der Waals surface area (Å²) in [7, 11) is 3.14. The minimum atomic E-state index is -0.632. The molecule has 0 saturated carbocycles. The van der Waals surface area contributed by atoms with E-state index in [-0.39, 0.29) is 5.91 Å². The largest absolute Gasteiger partial charge is 0.497 e. The average Bonchev–Trinajstić information content (AvgIpc) is 2.67. The van der Waals surface area contributed by atoms with E-state index in [0.29, 0.717) is 17.2 Å². The normalized spacial score (nSPS) is 14.1. The zero-order valence-electron chi connectivity index (χ0n) is 15.5. The fourth-order valence-electron chi connectivity index (χ4n) is 3.19. The summed E-state index contributed by atoms with van der Waals surface area (Å²) in [5, 5.41) is 2.85. The molecule has 0 saturated heterocycles. The Kier molecular flexibility index (Phi) is 5.66. The molecule has 0 unspecified atom stereocenters. The number of rotatable bonds is 6. The minimum absolute atomic E-state index is 0.241. The Morgan fingerprint density at radius 3 is 2.42 bits per heavy atom. The van der Waals surface area contributed by atoms with Gasteiger partial charge in [-0.25, -0.2) is 0 Å². The summed E-state index contributed by atoms with van der Waals surface area (Å²) >= 11 is 0. The molecule has 2 aromatic rings. The first-order valence-corrected chi connectivity index (χ1v) is 8.92. The summed E-state index contributed by atoms with van der Waals surface area (Å²) in [6, 6.07) is 11.4. The van der Waals surface area contributed by atoms with E-state index in [4.69, 9.17) is 14.2 Å². The van der Waals surface area contributed by atoms with Crippen molar-refractivity contribution < 1.29 is 19.0 Å². The lowest BCUT2D eigenvalue weighted by atomic mass is 9.92. The van der Waals surface area contributed by atoms with E-state index < -0.39 is 6.10 Å². The number of anilines is 1. The van der Waals surface area contributed by atoms with E-state index in [1.165, 1.54) is 24.0 Å². The molecule has 5 nitrogen and oxygen atoms in total. The first-order valence-electron chi connectivity index (χ1n) is 8.92. The average molecular weight is 355 g/mol. The SMILES string of the molecule is COc1ccc(OC)c(NC(=O)[C@@H](C)Oc2ccc3c(c2)CCCC3)c1. The lowest BCUT2D eigenvalue weighted by Gasteiger charge is -2.19. The molecule has 2 aromatic carbocycles. The Morgan fingerprint density at radius 1 is 0.962 bits per heavy atom. The Balaban J connectivity index is 1.68. The molecule has 138 valence electrons. The van der Waals surface area contributed by atoms with Crippen molar-refractivity contribution in [3.05, 3.63) is 47.5 Å². The molecule has 0 bridgehead atoms. The van der Waals surface area contributed by atoms with Gasteiger partial charge in [-0.1, -0.05) is 6.07 Å². The zero-order chi connectivity index (χ0) is 18.5. The van der Waals surface area contributed by atoms with E-state index in [1.54, 1.807) is 39.3 Å². The smallest absolute Gasteiger partial charge is 0.265 e. The highest BCUT2D eigenvalue weighted by Gasteiger charge is 2.18. The minimum Gasteiger partial charge on any atom is -0.497 e. The van der Waals surface area contributed by atoms with Crippen LogP contribution in [0.25, 0.3) is 0 Å². The Morgan fingerprint density at radius 2 is 1.69 bits per heavy atom. The highest BCUT2D eigenvalue weighted by atomic mass is 16.5. The van der Waals surface area contributed by atoms with Gasteiger partial charge in [-0.3, -0.25) is 4.79 Å². The molecular weight excluding hydrogens is 330 g/mol. The maximum absolute atomic E-state index is 12.5. The number of aryl methyl sites for hydroxylation is 2. The summed E-state index contributed by atoms with van der Waals surface area (Å²) in [6.07, 6.45) is 4.03. The Hall–Kier alpha value is -2.69. The van der Waals surface area contributed by atoms with Crippen LogP contribution in [0.2, 0.25) is 0 Å². The molecule has 1 atom stereocenters. The standard InChI is InChI=1S/C21H25NO4/c1-14(26-18-9-8-15-6-4-5-7-16(15)12-18)21(23)22-19-13-17(24-2)10-11-20(19)25-3/h8-14H,4-7H2,1-3H3,(H,22,23)/t14-/m1/s1. The van der Waals surface area contributed by atoms with Gasteiger partial charge in [-0.05, 0) is 68.0 Å². The fraction of sp³-hybridized carbons (Fsp3) is 0.381. The highest BCUT2D eigenvalue weighted by Crippen LogP contribution is 2.29. The second kappa shape index (κ2) is 8.13. The Labute approximate surface area is 154 Å². The van der Waals surface area contributed by atoms with Crippen LogP contribution in [0.15, 0.2) is 36.4 Å². The number of methoxy groups -OCH3 is 2. The first kappa shape index (κ1) is 18.1. The monoisotopic (exact) mass is 355 g/mol. The van der Waals surface area contributed by atoms with Crippen LogP contribution < -0.4 is 19.5 Å². The van der Waals surface area contributed by atoms with Gasteiger partial charge in [0.15, 0.2) is 6.10 Å². The molecule has 0 heterocycles. The van der Waals surface area contributed by atoms with E-state index in [9.17, 15) is 4.79 Å². The van der Waals surface area contributed by atoms with Crippen LogP contribution in [0.5, 0.6) is 17.2 Å². The number of amides is 1. The molecular formula is C21H25NO4. The number of benzene rings is 2. The van der Waals surface area contributed by atoms with Gasteiger partial charge in [0.1, 0.15) is 17.2 Å². The van der Waals surface area contributed by atoms with Crippen LogP contribution in [0, 0.1) is 0 Å². The predicted molar refractivity (Wildman–Crippen MR) is 101 cm³/mol. The van der Waals surface area contributed by atoms with Crippen molar-refractivity contribution in [2.45, 2.75) is 38.7 Å². The predicted octanol–water partition coefficient (Wildman–Crippen LogP) is 3.99. The van der Waals surface area contributed by atoms with Gasteiger partial charge in [0.05, 0.1) is 19.9 Å². The number of nitrogens with one attached hydrogen (secondary N) is 1. The molecule has 1 aliphatic rings. The summed E-state index contributed by atoms with van der Waals surface area (Å²) in [5.41, 5.74) is 3.27. The van der Waals surface area contributed by atoms with Crippen LogP contribution in [-0.4, -0.2) is 26.2 Å². The maximum atomic E-state index is 12.5. The first-order chi connectivity index (χ1) is 12.6. The number of hydrogen-bond acceptors (Lipinski definition) is 4. The quantitative estimate of drug-likeness (QED) is 0.851. The lowest BCUT2D eigenvalue weighted by molar-refractivity contribution is -0.122. The summed E-state index contributed by atoms with van der Waals surface area (Å²) in [6.45, 7) is 1.74. The molecule has 3 rings (SSSR count). The second-order valence-electron chi connectivity index (χ2n) is 6.45. The molecule has 1 amide bonds. The number of ether oxygens (including phenoxy) is 3. The van der Waals surface area contributed by atoms with E-state index in [0.717, 1.165) is 18.6 Å². The third kappa shape index (κ3) is 4.10. The van der Waals surface area contributed by atoms with E-state index >= 15 is 0 Å². The van der Waals surface area contributed by atoms with Gasteiger partial charge >= 0.3 is 0 Å². The highest BCUT2D eigenvalue weighted by molar-refractivity contribution is 5.95. The Bertz CT molecular complexity index is 788. The number of hydrogen-bond donors (Lipinski definition) is 1. The van der Waals surface area contributed by atoms with Crippen LogP contribution in [-0.2, 0) is 17.6 Å². The number of carbonyl (C=O) groups is 1. The van der Waals surface area contributed by atoms with Gasteiger partial charge < -0.3 is 19.5 Å².